The largest absolute Gasteiger partial charge is 0.386 e. The monoisotopic (exact) mass is 287 g/mol. The highest BCUT2D eigenvalue weighted by molar-refractivity contribution is 5.97. The number of β-amino-alcohol motifs (C(OH)–C–C–N with tert-alkyl or cyclic N) is 1. The zero-order valence-corrected chi connectivity index (χ0v) is 11.8. The molecule has 1 aliphatic heterocycles. The van der Waals surface area contributed by atoms with E-state index < -0.39 is 10.5 Å². The van der Waals surface area contributed by atoms with Crippen molar-refractivity contribution in [2.75, 3.05) is 18.0 Å². The molecule has 1 N–H and O–H groups in total. The van der Waals surface area contributed by atoms with Crippen molar-refractivity contribution in [1.82, 2.24) is 4.98 Å². The lowest BCUT2D eigenvalue weighted by Gasteiger charge is -2.48. The maximum absolute atomic E-state index is 11.1. The van der Waals surface area contributed by atoms with E-state index >= 15 is 0 Å². The molecule has 1 aromatic carbocycles. The van der Waals surface area contributed by atoms with Crippen molar-refractivity contribution in [2.24, 2.45) is 0 Å². The average Bonchev–Trinajstić information content (AvgIpc) is 2.43. The normalized spacial score (nSPS) is 16.8. The highest BCUT2D eigenvalue weighted by atomic mass is 16.6. The minimum Gasteiger partial charge on any atom is -0.386 e. The molecule has 1 aliphatic rings. The van der Waals surface area contributed by atoms with E-state index in [2.05, 4.69) is 4.98 Å². The number of anilines is 1. The van der Waals surface area contributed by atoms with Crippen molar-refractivity contribution in [3.63, 3.8) is 0 Å². The fraction of sp³-hybridized carbons (Fsp3) is 0.400. The van der Waals surface area contributed by atoms with Gasteiger partial charge in [0.05, 0.1) is 10.5 Å². The zero-order valence-electron chi connectivity index (χ0n) is 11.8. The Hall–Kier alpha value is -2.21. The van der Waals surface area contributed by atoms with Crippen LogP contribution in [0.4, 0.5) is 11.4 Å². The van der Waals surface area contributed by atoms with Crippen LogP contribution in [0.25, 0.3) is 10.9 Å². The third kappa shape index (κ3) is 2.31. The van der Waals surface area contributed by atoms with Gasteiger partial charge in [-0.15, -0.1) is 0 Å². The Kier molecular flexibility index (Phi) is 3.25. The number of nitrogens with zero attached hydrogens (tertiary/aromatic N) is 3. The third-order valence-electron chi connectivity index (χ3n) is 3.95. The number of pyridine rings is 1. The molecule has 0 saturated carbocycles. The quantitative estimate of drug-likeness (QED) is 0.690. The Morgan fingerprint density at radius 2 is 2.19 bits per heavy atom. The van der Waals surface area contributed by atoms with Gasteiger partial charge in [-0.1, -0.05) is 13.3 Å². The molecule has 1 saturated heterocycles. The predicted molar refractivity (Wildman–Crippen MR) is 80.5 cm³/mol. The number of hydrogen-bond donors (Lipinski definition) is 1. The Labute approximate surface area is 122 Å². The number of fused-ring (bicyclic) bond motifs is 1. The molecule has 0 atom stereocenters. The minimum atomic E-state index is -0.634. The lowest BCUT2D eigenvalue weighted by Crippen LogP contribution is -2.62. The van der Waals surface area contributed by atoms with Gasteiger partial charge in [0.1, 0.15) is 5.52 Å². The summed E-state index contributed by atoms with van der Waals surface area (Å²) in [5.41, 5.74) is 0.666. The second kappa shape index (κ2) is 4.96. The van der Waals surface area contributed by atoms with Gasteiger partial charge in [0, 0.05) is 36.4 Å². The summed E-state index contributed by atoms with van der Waals surface area (Å²) in [5, 5.41) is 22.1. The van der Waals surface area contributed by atoms with Crippen LogP contribution >= 0.6 is 0 Å². The van der Waals surface area contributed by atoms with Crippen LogP contribution in [0.1, 0.15) is 19.8 Å². The second-order valence-electron chi connectivity index (χ2n) is 5.59. The van der Waals surface area contributed by atoms with E-state index in [0.717, 1.165) is 23.9 Å². The number of hydrogen-bond acceptors (Lipinski definition) is 5. The van der Waals surface area contributed by atoms with Gasteiger partial charge < -0.3 is 10.0 Å². The first-order valence-corrected chi connectivity index (χ1v) is 7.03. The van der Waals surface area contributed by atoms with E-state index in [1.165, 1.54) is 6.07 Å². The van der Waals surface area contributed by atoms with Gasteiger partial charge in [-0.05, 0) is 24.6 Å². The van der Waals surface area contributed by atoms with E-state index in [9.17, 15) is 15.2 Å². The third-order valence-corrected chi connectivity index (χ3v) is 3.95. The number of non-ortho nitro benzene ring substituents is 1. The molecule has 6 nitrogen and oxygen atoms in total. The molecule has 3 rings (SSSR count). The van der Waals surface area contributed by atoms with Crippen LogP contribution in [0.3, 0.4) is 0 Å². The van der Waals surface area contributed by atoms with Crippen LogP contribution in [0.15, 0.2) is 30.5 Å². The summed E-state index contributed by atoms with van der Waals surface area (Å²) in [5.74, 6) is 0. The molecule has 2 heterocycles. The summed E-state index contributed by atoms with van der Waals surface area (Å²) in [6.45, 7) is 3.16. The van der Waals surface area contributed by atoms with Crippen molar-refractivity contribution in [2.45, 2.75) is 25.4 Å². The Morgan fingerprint density at radius 1 is 1.43 bits per heavy atom. The fourth-order valence-corrected chi connectivity index (χ4v) is 3.02. The van der Waals surface area contributed by atoms with Crippen LogP contribution in [0.2, 0.25) is 0 Å². The van der Waals surface area contributed by atoms with Crippen molar-refractivity contribution < 1.29 is 10.0 Å². The molecular formula is C15H17N3O3. The van der Waals surface area contributed by atoms with E-state index in [0.29, 0.717) is 18.6 Å². The van der Waals surface area contributed by atoms with Crippen molar-refractivity contribution in [3.8, 4) is 0 Å². The topological polar surface area (TPSA) is 79.5 Å². The van der Waals surface area contributed by atoms with Gasteiger partial charge in [-0.3, -0.25) is 10.1 Å². The maximum atomic E-state index is 11.1. The molecule has 1 fully saturated rings. The van der Waals surface area contributed by atoms with Gasteiger partial charge in [-0.25, -0.2) is 4.98 Å². The molecule has 6 heteroatoms. The molecule has 110 valence electrons. The molecule has 21 heavy (non-hydrogen) atoms. The van der Waals surface area contributed by atoms with Gasteiger partial charge >= 0.3 is 0 Å². The SMILES string of the molecule is CCCC1(O)CN(c2ccc([N+](=O)[O-])c3ncccc23)C1. The molecule has 0 radical (unpaired) electrons. The summed E-state index contributed by atoms with van der Waals surface area (Å²) >= 11 is 0. The van der Waals surface area contributed by atoms with Gasteiger partial charge in [0.25, 0.3) is 5.69 Å². The lowest BCUT2D eigenvalue weighted by molar-refractivity contribution is -0.383. The predicted octanol–water partition coefficient (Wildman–Crippen LogP) is 2.49. The van der Waals surface area contributed by atoms with Crippen molar-refractivity contribution >= 4 is 22.3 Å². The van der Waals surface area contributed by atoms with Crippen molar-refractivity contribution in [1.29, 1.82) is 0 Å². The molecular weight excluding hydrogens is 270 g/mol. The van der Waals surface area contributed by atoms with E-state index in [4.69, 9.17) is 0 Å². The van der Waals surface area contributed by atoms with E-state index in [-0.39, 0.29) is 5.69 Å². The number of nitro benzene ring substituents is 1. The number of aliphatic hydroxyl groups is 1. The van der Waals surface area contributed by atoms with Crippen LogP contribution < -0.4 is 4.90 Å². The first-order chi connectivity index (χ1) is 10.0. The maximum Gasteiger partial charge on any atom is 0.295 e. The molecule has 0 spiro atoms. The van der Waals surface area contributed by atoms with Crippen molar-refractivity contribution in [3.05, 3.63) is 40.6 Å². The summed E-state index contributed by atoms with van der Waals surface area (Å²) in [6, 6.07) is 6.84. The molecule has 0 aliphatic carbocycles. The van der Waals surface area contributed by atoms with Crippen LogP contribution in [0, 0.1) is 10.1 Å². The van der Waals surface area contributed by atoms with E-state index in [1.807, 2.05) is 17.9 Å². The standard InChI is InChI=1S/C15H17N3O3/c1-2-7-15(19)9-17(10-15)12-5-6-13(18(20)21)14-11(12)4-3-8-16-14/h3-6,8,19H,2,7,9-10H2,1H3. The first-order valence-electron chi connectivity index (χ1n) is 7.03. The average molecular weight is 287 g/mol. The van der Waals surface area contributed by atoms with Gasteiger partial charge in [0.15, 0.2) is 0 Å². The number of nitro groups is 1. The molecule has 1 aromatic heterocycles. The minimum absolute atomic E-state index is 0.0127. The summed E-state index contributed by atoms with van der Waals surface area (Å²) < 4.78 is 0. The van der Waals surface area contributed by atoms with Gasteiger partial charge in [-0.2, -0.15) is 0 Å². The van der Waals surface area contributed by atoms with Crippen LogP contribution in [-0.4, -0.2) is 33.7 Å². The van der Waals surface area contributed by atoms with Crippen LogP contribution in [-0.2, 0) is 0 Å². The highest BCUT2D eigenvalue weighted by Gasteiger charge is 2.41. The molecule has 2 aromatic rings. The smallest absolute Gasteiger partial charge is 0.295 e. The number of rotatable bonds is 4. The first kappa shape index (κ1) is 13.8. The number of benzene rings is 1. The zero-order chi connectivity index (χ0) is 15.0. The van der Waals surface area contributed by atoms with Crippen LogP contribution in [0.5, 0.6) is 0 Å². The van der Waals surface area contributed by atoms with Gasteiger partial charge in [0.2, 0.25) is 0 Å². The Balaban J connectivity index is 1.99. The summed E-state index contributed by atoms with van der Waals surface area (Å²) in [6.07, 6.45) is 3.27. The fourth-order valence-electron chi connectivity index (χ4n) is 3.02. The molecule has 0 amide bonds. The van der Waals surface area contributed by atoms with E-state index in [1.54, 1.807) is 18.3 Å². The molecule has 0 bridgehead atoms. The highest BCUT2D eigenvalue weighted by Crippen LogP contribution is 2.37. The second-order valence-corrected chi connectivity index (χ2v) is 5.59. The Morgan fingerprint density at radius 3 is 2.86 bits per heavy atom. The summed E-state index contributed by atoms with van der Waals surface area (Å²) in [7, 11) is 0. The lowest BCUT2D eigenvalue weighted by atomic mass is 9.88. The number of aromatic nitrogens is 1. The summed E-state index contributed by atoms with van der Waals surface area (Å²) in [4.78, 5) is 16.9. The molecule has 0 unspecified atom stereocenters. The Bertz CT molecular complexity index is 696.